The van der Waals surface area contributed by atoms with E-state index in [9.17, 15) is 14.9 Å². The second kappa shape index (κ2) is 12.1. The molecule has 8 nitrogen and oxygen atoms in total. The van der Waals surface area contributed by atoms with Gasteiger partial charge < -0.3 is 20.3 Å². The summed E-state index contributed by atoms with van der Waals surface area (Å²) in [5.74, 6) is 0.0553. The minimum atomic E-state index is -0.409. The van der Waals surface area contributed by atoms with E-state index in [1.54, 1.807) is 12.3 Å². The first-order valence-electron chi connectivity index (χ1n) is 12.3. The van der Waals surface area contributed by atoms with Gasteiger partial charge in [0, 0.05) is 24.7 Å². The summed E-state index contributed by atoms with van der Waals surface area (Å²) in [6.07, 6.45) is 3.90. The van der Waals surface area contributed by atoms with Crippen molar-refractivity contribution in [3.05, 3.63) is 71.4 Å². The number of rotatable bonds is 10. The van der Waals surface area contributed by atoms with Gasteiger partial charge in [-0.3, -0.25) is 14.6 Å². The minimum absolute atomic E-state index is 0.146. The molecule has 3 aromatic rings. The summed E-state index contributed by atoms with van der Waals surface area (Å²) in [7, 11) is 0. The number of fused-ring (bicyclic) bond motifs is 1. The summed E-state index contributed by atoms with van der Waals surface area (Å²) in [4.78, 5) is 31.2. The fourth-order valence-corrected chi connectivity index (χ4v) is 4.29. The molecule has 1 atom stereocenters. The highest BCUT2D eigenvalue weighted by Gasteiger charge is 2.28. The Morgan fingerprint density at radius 2 is 2.03 bits per heavy atom. The number of nitrogens with zero attached hydrogens (tertiary/aromatic N) is 3. The van der Waals surface area contributed by atoms with Gasteiger partial charge in [-0.15, -0.1) is 0 Å². The van der Waals surface area contributed by atoms with Crippen molar-refractivity contribution in [1.29, 1.82) is 5.26 Å². The summed E-state index contributed by atoms with van der Waals surface area (Å²) in [5.41, 5.74) is 3.60. The zero-order chi connectivity index (χ0) is 25.3. The number of nitrogens with one attached hydrogen (secondary N) is 2. The van der Waals surface area contributed by atoms with Crippen molar-refractivity contribution in [2.24, 2.45) is 0 Å². The molecule has 2 amide bonds. The van der Waals surface area contributed by atoms with Crippen LogP contribution in [0.4, 0.5) is 0 Å². The van der Waals surface area contributed by atoms with Crippen LogP contribution in [0.15, 0.2) is 54.7 Å². The molecule has 2 N–H and O–H groups in total. The number of hydrogen-bond acceptors (Lipinski definition) is 6. The van der Waals surface area contributed by atoms with E-state index in [1.165, 1.54) is 16.0 Å². The van der Waals surface area contributed by atoms with Crippen LogP contribution < -0.4 is 15.4 Å². The first-order chi connectivity index (χ1) is 17.5. The van der Waals surface area contributed by atoms with E-state index in [0.717, 1.165) is 25.9 Å². The van der Waals surface area contributed by atoms with Crippen LogP contribution in [0.1, 0.15) is 40.7 Å². The number of ether oxygens (including phenoxy) is 1. The van der Waals surface area contributed by atoms with E-state index in [0.29, 0.717) is 41.8 Å². The molecule has 1 saturated heterocycles. The Morgan fingerprint density at radius 1 is 1.19 bits per heavy atom. The van der Waals surface area contributed by atoms with Gasteiger partial charge in [-0.2, -0.15) is 5.26 Å². The summed E-state index contributed by atoms with van der Waals surface area (Å²) in [6, 6.07) is 17.3. The van der Waals surface area contributed by atoms with Crippen LogP contribution in [0, 0.1) is 18.3 Å². The average molecular weight is 486 g/mol. The van der Waals surface area contributed by atoms with Crippen molar-refractivity contribution >= 4 is 22.7 Å². The van der Waals surface area contributed by atoms with Crippen molar-refractivity contribution in [2.75, 3.05) is 26.2 Å². The Bertz CT molecular complexity index is 1250. The first kappa shape index (κ1) is 25.1. The van der Waals surface area contributed by atoms with Crippen molar-refractivity contribution in [3.63, 3.8) is 0 Å². The summed E-state index contributed by atoms with van der Waals surface area (Å²) >= 11 is 0. The van der Waals surface area contributed by atoms with Gasteiger partial charge in [0.15, 0.2) is 0 Å². The first-order valence-corrected chi connectivity index (χ1v) is 12.3. The van der Waals surface area contributed by atoms with Gasteiger partial charge in [0.05, 0.1) is 30.3 Å². The lowest BCUT2D eigenvalue weighted by Crippen LogP contribution is -2.42. The standard InChI is InChI=1S/C28H31N5O3/c1-20-5-7-21(8-6-20)18-30-12-3-15-36-23-9-10-26-25(16-23)24(11-13-31-26)28(35)32-19-27(34)33-14-2-4-22(33)17-29/h5-11,13,16,22,30H,2-4,12,14-15,18-19H2,1H3,(H,32,35). The predicted molar refractivity (Wildman–Crippen MR) is 137 cm³/mol. The van der Waals surface area contributed by atoms with E-state index < -0.39 is 6.04 Å². The highest BCUT2D eigenvalue weighted by molar-refractivity contribution is 6.07. The predicted octanol–water partition coefficient (Wildman–Crippen LogP) is 3.35. The van der Waals surface area contributed by atoms with Gasteiger partial charge in [-0.25, -0.2) is 0 Å². The molecule has 36 heavy (non-hydrogen) atoms. The SMILES string of the molecule is Cc1ccc(CNCCCOc2ccc3nccc(C(=O)NCC(=O)N4CCCC4C#N)c3c2)cc1. The lowest BCUT2D eigenvalue weighted by molar-refractivity contribution is -0.130. The third-order valence-electron chi connectivity index (χ3n) is 6.30. The number of benzene rings is 2. The second-order valence-corrected chi connectivity index (χ2v) is 8.96. The Morgan fingerprint density at radius 3 is 2.83 bits per heavy atom. The maximum absolute atomic E-state index is 12.9. The number of aryl methyl sites for hydroxylation is 1. The highest BCUT2D eigenvalue weighted by atomic mass is 16.5. The number of carbonyl (C=O) groups is 2. The third-order valence-corrected chi connectivity index (χ3v) is 6.30. The van der Waals surface area contributed by atoms with Crippen LogP contribution in [0.3, 0.4) is 0 Å². The van der Waals surface area contributed by atoms with Crippen LogP contribution in [-0.4, -0.2) is 54.0 Å². The molecular formula is C28H31N5O3. The third kappa shape index (κ3) is 6.37. The number of aromatic nitrogens is 1. The molecule has 1 aliphatic heterocycles. The lowest BCUT2D eigenvalue weighted by atomic mass is 10.1. The molecule has 186 valence electrons. The van der Waals surface area contributed by atoms with Crippen LogP contribution in [0.2, 0.25) is 0 Å². The molecule has 1 aliphatic rings. The molecule has 0 saturated carbocycles. The van der Waals surface area contributed by atoms with Crippen molar-refractivity contribution in [2.45, 2.75) is 38.8 Å². The van der Waals surface area contributed by atoms with E-state index in [-0.39, 0.29) is 18.4 Å². The van der Waals surface area contributed by atoms with Gasteiger partial charge in [0.1, 0.15) is 11.8 Å². The van der Waals surface area contributed by atoms with Gasteiger partial charge in [-0.1, -0.05) is 29.8 Å². The fourth-order valence-electron chi connectivity index (χ4n) is 4.29. The maximum atomic E-state index is 12.9. The van der Waals surface area contributed by atoms with Gasteiger partial charge in [0.25, 0.3) is 5.91 Å². The van der Waals surface area contributed by atoms with E-state index >= 15 is 0 Å². The summed E-state index contributed by atoms with van der Waals surface area (Å²) in [5, 5.41) is 16.0. The molecule has 1 aromatic heterocycles. The zero-order valence-electron chi connectivity index (χ0n) is 20.5. The fraction of sp³-hybridized carbons (Fsp3) is 0.357. The lowest BCUT2D eigenvalue weighted by Gasteiger charge is -2.19. The zero-order valence-corrected chi connectivity index (χ0v) is 20.5. The molecule has 2 aromatic carbocycles. The smallest absolute Gasteiger partial charge is 0.252 e. The Balaban J connectivity index is 1.29. The largest absolute Gasteiger partial charge is 0.494 e. The molecule has 8 heteroatoms. The Labute approximate surface area is 211 Å². The molecule has 0 radical (unpaired) electrons. The normalized spacial score (nSPS) is 15.0. The van der Waals surface area contributed by atoms with E-state index in [1.807, 2.05) is 18.2 Å². The molecule has 0 aliphatic carbocycles. The quantitative estimate of drug-likeness (QED) is 0.427. The van der Waals surface area contributed by atoms with Crippen LogP contribution in [0.25, 0.3) is 10.9 Å². The average Bonchev–Trinajstić information content (AvgIpc) is 3.39. The minimum Gasteiger partial charge on any atom is -0.494 e. The molecule has 0 bridgehead atoms. The van der Waals surface area contributed by atoms with Crippen molar-refractivity contribution < 1.29 is 14.3 Å². The number of amides is 2. The topological polar surface area (TPSA) is 107 Å². The maximum Gasteiger partial charge on any atom is 0.252 e. The van der Waals surface area contributed by atoms with Crippen LogP contribution in [-0.2, 0) is 11.3 Å². The van der Waals surface area contributed by atoms with E-state index in [2.05, 4.69) is 52.9 Å². The Hall–Kier alpha value is -3.96. The number of likely N-dealkylation sites (tertiary alicyclic amines) is 1. The van der Waals surface area contributed by atoms with Gasteiger partial charge in [0.2, 0.25) is 5.91 Å². The molecule has 4 rings (SSSR count). The van der Waals surface area contributed by atoms with Gasteiger partial charge >= 0.3 is 0 Å². The molecule has 2 heterocycles. The van der Waals surface area contributed by atoms with E-state index in [4.69, 9.17) is 4.74 Å². The Kier molecular flexibility index (Phi) is 8.48. The summed E-state index contributed by atoms with van der Waals surface area (Å²) in [6.45, 7) is 4.67. The van der Waals surface area contributed by atoms with Crippen molar-refractivity contribution in [3.8, 4) is 11.8 Å². The number of carbonyl (C=O) groups excluding carboxylic acids is 2. The molecular weight excluding hydrogens is 454 g/mol. The number of nitriles is 1. The van der Waals surface area contributed by atoms with Gasteiger partial charge in [-0.05, 0) is 62.6 Å². The summed E-state index contributed by atoms with van der Waals surface area (Å²) < 4.78 is 5.92. The molecule has 0 spiro atoms. The monoisotopic (exact) mass is 485 g/mol. The van der Waals surface area contributed by atoms with Crippen LogP contribution in [0.5, 0.6) is 5.75 Å². The highest BCUT2D eigenvalue weighted by Crippen LogP contribution is 2.23. The number of hydrogen-bond donors (Lipinski definition) is 2. The number of pyridine rings is 1. The second-order valence-electron chi connectivity index (χ2n) is 8.96. The molecule has 1 unspecified atom stereocenters. The van der Waals surface area contributed by atoms with Crippen molar-refractivity contribution in [1.82, 2.24) is 20.5 Å². The molecule has 1 fully saturated rings. The van der Waals surface area contributed by atoms with Crippen LogP contribution >= 0.6 is 0 Å².